The van der Waals surface area contributed by atoms with Gasteiger partial charge in [0.05, 0.1) is 11.6 Å². The Hall–Kier alpha value is -3.09. The Kier molecular flexibility index (Phi) is 5.85. The highest BCUT2D eigenvalue weighted by Crippen LogP contribution is 2.42. The Labute approximate surface area is 185 Å². The van der Waals surface area contributed by atoms with Crippen molar-refractivity contribution in [3.05, 3.63) is 76.5 Å². The number of H-pyrrole nitrogens is 1. The maximum Gasteiger partial charge on any atom is 0.295 e. The van der Waals surface area contributed by atoms with Gasteiger partial charge in [-0.05, 0) is 45.3 Å². The minimum absolute atomic E-state index is 0.0851. The maximum atomic E-state index is 13.1. The summed E-state index contributed by atoms with van der Waals surface area (Å²) in [7, 11) is 3.93. The first-order valence-corrected chi connectivity index (χ1v) is 10.5. The average Bonchev–Trinajstić information content (AvgIpc) is 3.27. The normalized spacial score (nSPS) is 18.5. The molecule has 4 rings (SSSR count). The summed E-state index contributed by atoms with van der Waals surface area (Å²) in [5, 5.41) is 12.5. The lowest BCUT2D eigenvalue weighted by molar-refractivity contribution is -0.139. The Bertz CT molecular complexity index is 1180. The number of aliphatic hydroxyl groups excluding tert-OH is 1. The van der Waals surface area contributed by atoms with Crippen molar-refractivity contribution in [2.75, 3.05) is 27.2 Å². The summed E-state index contributed by atoms with van der Waals surface area (Å²) in [6, 6.07) is 13.7. The van der Waals surface area contributed by atoms with Crippen LogP contribution in [-0.2, 0) is 9.59 Å². The third-order valence-corrected chi connectivity index (χ3v) is 5.79. The van der Waals surface area contributed by atoms with Gasteiger partial charge in [0.15, 0.2) is 0 Å². The van der Waals surface area contributed by atoms with Crippen molar-refractivity contribution >= 4 is 40.0 Å². The van der Waals surface area contributed by atoms with Crippen LogP contribution in [0.25, 0.3) is 16.7 Å². The number of likely N-dealkylation sites (tertiary alicyclic amines) is 1. The van der Waals surface area contributed by atoms with E-state index in [0.717, 1.165) is 23.0 Å². The number of aliphatic hydroxyl groups is 1. The zero-order valence-electron chi connectivity index (χ0n) is 17.4. The van der Waals surface area contributed by atoms with Crippen molar-refractivity contribution in [3.63, 3.8) is 0 Å². The molecule has 1 aromatic heterocycles. The third-order valence-electron chi connectivity index (χ3n) is 5.56. The van der Waals surface area contributed by atoms with Gasteiger partial charge >= 0.3 is 0 Å². The number of halogens is 1. The second kappa shape index (κ2) is 8.57. The van der Waals surface area contributed by atoms with E-state index in [9.17, 15) is 14.7 Å². The summed E-state index contributed by atoms with van der Waals surface area (Å²) in [6.07, 6.45) is 2.52. The van der Waals surface area contributed by atoms with E-state index in [1.807, 2.05) is 49.5 Å². The van der Waals surface area contributed by atoms with E-state index in [1.165, 1.54) is 0 Å². The largest absolute Gasteiger partial charge is 0.507 e. The molecular weight excluding hydrogens is 414 g/mol. The summed E-state index contributed by atoms with van der Waals surface area (Å²) in [5.41, 5.74) is 2.17. The molecule has 6 nitrogen and oxygen atoms in total. The number of fused-ring (bicyclic) bond motifs is 1. The van der Waals surface area contributed by atoms with Gasteiger partial charge in [-0.1, -0.05) is 41.9 Å². The molecule has 0 spiro atoms. The number of amides is 1. The monoisotopic (exact) mass is 437 g/mol. The van der Waals surface area contributed by atoms with Crippen LogP contribution < -0.4 is 0 Å². The van der Waals surface area contributed by atoms with E-state index < -0.39 is 17.7 Å². The van der Waals surface area contributed by atoms with Crippen LogP contribution in [-0.4, -0.2) is 58.8 Å². The van der Waals surface area contributed by atoms with Gasteiger partial charge in [0, 0.05) is 39.8 Å². The van der Waals surface area contributed by atoms with Gasteiger partial charge in [0.25, 0.3) is 11.7 Å². The van der Waals surface area contributed by atoms with Crippen molar-refractivity contribution in [1.82, 2.24) is 14.8 Å². The fourth-order valence-corrected chi connectivity index (χ4v) is 4.29. The van der Waals surface area contributed by atoms with E-state index in [1.54, 1.807) is 29.2 Å². The molecule has 3 aromatic rings. The number of rotatable bonds is 6. The SMILES string of the molecule is CN(C)CCCN1C(=O)C(=O)/C(=C(/O)c2cccc(Cl)c2)C1c1c[nH]c2ccccc12. The van der Waals surface area contributed by atoms with E-state index in [0.29, 0.717) is 23.6 Å². The molecule has 1 unspecified atom stereocenters. The van der Waals surface area contributed by atoms with Crippen LogP contribution in [0.2, 0.25) is 5.02 Å². The summed E-state index contributed by atoms with van der Waals surface area (Å²) in [5.74, 6) is -1.50. The fourth-order valence-electron chi connectivity index (χ4n) is 4.10. The number of aromatic nitrogens is 1. The summed E-state index contributed by atoms with van der Waals surface area (Å²) in [6.45, 7) is 1.18. The molecule has 0 aliphatic carbocycles. The Balaban J connectivity index is 1.87. The minimum atomic E-state index is -0.683. The fraction of sp³-hybridized carbons (Fsp3) is 0.250. The molecule has 1 atom stereocenters. The number of hydrogen-bond acceptors (Lipinski definition) is 4. The second-order valence-corrected chi connectivity index (χ2v) is 8.39. The van der Waals surface area contributed by atoms with Crippen LogP contribution >= 0.6 is 11.6 Å². The minimum Gasteiger partial charge on any atom is -0.507 e. The molecule has 2 aromatic carbocycles. The van der Waals surface area contributed by atoms with Gasteiger partial charge in [-0.2, -0.15) is 0 Å². The first-order valence-electron chi connectivity index (χ1n) is 10.1. The van der Waals surface area contributed by atoms with Gasteiger partial charge in [-0.15, -0.1) is 0 Å². The molecule has 1 amide bonds. The second-order valence-electron chi connectivity index (χ2n) is 7.95. The lowest BCUT2D eigenvalue weighted by atomic mass is 9.95. The zero-order valence-corrected chi connectivity index (χ0v) is 18.2. The number of carbonyl (C=O) groups is 2. The molecule has 160 valence electrons. The third kappa shape index (κ3) is 3.96. The number of hydrogen-bond donors (Lipinski definition) is 2. The van der Waals surface area contributed by atoms with E-state index >= 15 is 0 Å². The molecule has 31 heavy (non-hydrogen) atoms. The molecule has 0 saturated carbocycles. The number of nitrogens with zero attached hydrogens (tertiary/aromatic N) is 2. The molecule has 0 radical (unpaired) electrons. The highest BCUT2D eigenvalue weighted by Gasteiger charge is 2.46. The molecule has 1 saturated heterocycles. The first kappa shape index (κ1) is 21.2. The standard InChI is InChI=1S/C24H24ClN3O3/c1-27(2)11-6-12-28-21(18-14-26-19-10-4-3-9-17(18)19)20(23(30)24(28)31)22(29)15-7-5-8-16(25)13-15/h3-5,7-10,13-14,21,26,29H,6,11-12H2,1-2H3/b22-20+. The molecule has 1 fully saturated rings. The summed E-state index contributed by atoms with van der Waals surface area (Å²) < 4.78 is 0. The predicted molar refractivity (Wildman–Crippen MR) is 122 cm³/mol. The topological polar surface area (TPSA) is 76.6 Å². The average molecular weight is 438 g/mol. The highest BCUT2D eigenvalue weighted by atomic mass is 35.5. The molecule has 2 heterocycles. The Morgan fingerprint density at radius 3 is 2.68 bits per heavy atom. The van der Waals surface area contributed by atoms with Gasteiger partial charge in [-0.3, -0.25) is 9.59 Å². The Morgan fingerprint density at radius 1 is 1.16 bits per heavy atom. The molecular formula is C24H24ClN3O3. The number of para-hydroxylation sites is 1. The van der Waals surface area contributed by atoms with Gasteiger partial charge in [0.1, 0.15) is 5.76 Å². The number of carbonyl (C=O) groups excluding carboxylic acids is 2. The lowest BCUT2D eigenvalue weighted by Crippen LogP contribution is -2.32. The van der Waals surface area contributed by atoms with E-state index in [2.05, 4.69) is 4.98 Å². The number of ketones is 1. The van der Waals surface area contributed by atoms with Gasteiger partial charge in [0.2, 0.25) is 0 Å². The van der Waals surface area contributed by atoms with Crippen LogP contribution in [0.1, 0.15) is 23.6 Å². The quantitative estimate of drug-likeness (QED) is 0.344. The first-order chi connectivity index (χ1) is 14.9. The van der Waals surface area contributed by atoms with Crippen LogP contribution in [0.5, 0.6) is 0 Å². The summed E-state index contributed by atoms with van der Waals surface area (Å²) >= 11 is 6.10. The molecule has 1 aliphatic rings. The number of benzene rings is 2. The predicted octanol–water partition coefficient (Wildman–Crippen LogP) is 4.19. The molecule has 2 N–H and O–H groups in total. The van der Waals surface area contributed by atoms with Crippen LogP contribution in [0.4, 0.5) is 0 Å². The number of aromatic amines is 1. The van der Waals surface area contributed by atoms with Gasteiger partial charge in [-0.25, -0.2) is 0 Å². The van der Waals surface area contributed by atoms with Gasteiger partial charge < -0.3 is 19.9 Å². The van der Waals surface area contributed by atoms with E-state index in [4.69, 9.17) is 11.6 Å². The Morgan fingerprint density at radius 2 is 1.94 bits per heavy atom. The van der Waals surface area contributed by atoms with E-state index in [-0.39, 0.29) is 11.3 Å². The molecule has 7 heteroatoms. The zero-order chi connectivity index (χ0) is 22.1. The maximum absolute atomic E-state index is 13.1. The molecule has 1 aliphatic heterocycles. The number of Topliss-reactive ketones (excluding diaryl/α,β-unsaturated/α-hetero) is 1. The van der Waals surface area contributed by atoms with Crippen molar-refractivity contribution in [1.29, 1.82) is 0 Å². The van der Waals surface area contributed by atoms with Crippen molar-refractivity contribution in [2.45, 2.75) is 12.5 Å². The van der Waals surface area contributed by atoms with Crippen molar-refractivity contribution in [3.8, 4) is 0 Å². The smallest absolute Gasteiger partial charge is 0.295 e. The summed E-state index contributed by atoms with van der Waals surface area (Å²) in [4.78, 5) is 32.9. The van der Waals surface area contributed by atoms with Crippen molar-refractivity contribution < 1.29 is 14.7 Å². The lowest BCUT2D eigenvalue weighted by Gasteiger charge is -2.25. The number of nitrogens with one attached hydrogen (secondary N) is 1. The van der Waals surface area contributed by atoms with Crippen LogP contribution in [0.15, 0.2) is 60.3 Å². The van der Waals surface area contributed by atoms with Crippen LogP contribution in [0.3, 0.4) is 0 Å². The highest BCUT2D eigenvalue weighted by molar-refractivity contribution is 6.46. The van der Waals surface area contributed by atoms with Crippen molar-refractivity contribution in [2.24, 2.45) is 0 Å². The van der Waals surface area contributed by atoms with Crippen LogP contribution in [0, 0.1) is 0 Å². The molecule has 0 bridgehead atoms.